The molecule has 1 aliphatic heterocycles. The number of aromatic amines is 1. The number of hydrogen-bond donors (Lipinski definition) is 2. The molecule has 3 aromatic rings. The molecule has 0 fully saturated rings. The lowest BCUT2D eigenvalue weighted by molar-refractivity contribution is 0.558. The van der Waals surface area contributed by atoms with Gasteiger partial charge < -0.3 is 10.3 Å². The van der Waals surface area contributed by atoms with Gasteiger partial charge in [0.1, 0.15) is 0 Å². The second-order valence-corrected chi connectivity index (χ2v) is 6.06. The van der Waals surface area contributed by atoms with Gasteiger partial charge in [-0.3, -0.25) is 0 Å². The van der Waals surface area contributed by atoms with Crippen LogP contribution >= 0.6 is 0 Å². The second-order valence-electron chi connectivity index (χ2n) is 6.06. The third-order valence-electron chi connectivity index (χ3n) is 4.60. The molecular weight excluding hydrogens is 256 g/mol. The van der Waals surface area contributed by atoms with Crippen LogP contribution in [0.3, 0.4) is 0 Å². The largest absolute Gasteiger partial charge is 0.357 e. The number of hydrogen-bond acceptors (Lipinski definition) is 1. The van der Waals surface area contributed by atoms with E-state index in [-0.39, 0.29) is 6.04 Å². The zero-order valence-corrected chi connectivity index (χ0v) is 12.5. The SMILES string of the molecule is Cc1ccc(C)c(C2NCCc3c2[nH]c2ccccc32)c1. The molecule has 2 heteroatoms. The van der Waals surface area contributed by atoms with Crippen LogP contribution in [-0.2, 0) is 6.42 Å². The van der Waals surface area contributed by atoms with Gasteiger partial charge in [0.05, 0.1) is 6.04 Å². The summed E-state index contributed by atoms with van der Waals surface area (Å²) < 4.78 is 0. The minimum atomic E-state index is 0.279. The Balaban J connectivity index is 1.92. The number of benzene rings is 2. The lowest BCUT2D eigenvalue weighted by Crippen LogP contribution is -2.31. The fourth-order valence-electron chi connectivity index (χ4n) is 3.52. The van der Waals surface area contributed by atoms with E-state index in [2.05, 4.69) is 66.6 Å². The Morgan fingerprint density at radius 1 is 1.05 bits per heavy atom. The number of nitrogens with one attached hydrogen (secondary N) is 2. The van der Waals surface area contributed by atoms with Gasteiger partial charge in [-0.15, -0.1) is 0 Å². The van der Waals surface area contributed by atoms with E-state index >= 15 is 0 Å². The molecule has 0 amide bonds. The van der Waals surface area contributed by atoms with Gasteiger partial charge >= 0.3 is 0 Å². The molecular formula is C19H20N2. The molecule has 0 saturated carbocycles. The average molecular weight is 276 g/mol. The molecule has 1 unspecified atom stereocenters. The van der Waals surface area contributed by atoms with Gasteiger partial charge in [-0.05, 0) is 43.0 Å². The molecule has 0 spiro atoms. The molecule has 2 heterocycles. The highest BCUT2D eigenvalue weighted by Gasteiger charge is 2.25. The maximum Gasteiger partial charge on any atom is 0.0735 e. The third-order valence-corrected chi connectivity index (χ3v) is 4.60. The summed E-state index contributed by atoms with van der Waals surface area (Å²) in [7, 11) is 0. The number of H-pyrrole nitrogens is 1. The quantitative estimate of drug-likeness (QED) is 0.690. The summed E-state index contributed by atoms with van der Waals surface area (Å²) in [5, 5.41) is 5.07. The van der Waals surface area contributed by atoms with Crippen molar-refractivity contribution in [2.45, 2.75) is 26.3 Å². The molecule has 0 aliphatic carbocycles. The van der Waals surface area contributed by atoms with E-state index in [1.807, 2.05) is 0 Å². The first-order valence-corrected chi connectivity index (χ1v) is 7.64. The minimum Gasteiger partial charge on any atom is -0.357 e. The fourth-order valence-corrected chi connectivity index (χ4v) is 3.52. The van der Waals surface area contributed by atoms with Crippen molar-refractivity contribution < 1.29 is 0 Å². The number of fused-ring (bicyclic) bond motifs is 3. The van der Waals surface area contributed by atoms with Crippen LogP contribution in [0.15, 0.2) is 42.5 Å². The first-order valence-electron chi connectivity index (χ1n) is 7.64. The number of rotatable bonds is 1. The van der Waals surface area contributed by atoms with E-state index < -0.39 is 0 Å². The highest BCUT2D eigenvalue weighted by atomic mass is 15.0. The van der Waals surface area contributed by atoms with E-state index in [0.29, 0.717) is 0 Å². The smallest absolute Gasteiger partial charge is 0.0735 e. The predicted molar refractivity (Wildman–Crippen MR) is 87.8 cm³/mol. The fraction of sp³-hybridized carbons (Fsp3) is 0.263. The van der Waals surface area contributed by atoms with E-state index in [9.17, 15) is 0 Å². The summed E-state index contributed by atoms with van der Waals surface area (Å²) in [4.78, 5) is 3.65. The molecule has 21 heavy (non-hydrogen) atoms. The van der Waals surface area contributed by atoms with Gasteiger partial charge in [0.2, 0.25) is 0 Å². The molecule has 1 atom stereocenters. The highest BCUT2D eigenvalue weighted by Crippen LogP contribution is 2.34. The standard InChI is InChI=1S/C19H20N2/c1-12-7-8-13(2)16(11-12)18-19-15(9-10-20-18)14-5-3-4-6-17(14)21-19/h3-8,11,18,20-21H,9-10H2,1-2H3. The monoisotopic (exact) mass is 276 g/mol. The van der Waals surface area contributed by atoms with Crippen LogP contribution in [0.4, 0.5) is 0 Å². The number of para-hydroxylation sites is 1. The maximum absolute atomic E-state index is 3.69. The van der Waals surface area contributed by atoms with E-state index in [1.165, 1.54) is 38.9 Å². The predicted octanol–water partition coefficient (Wildman–Crippen LogP) is 4.02. The summed E-state index contributed by atoms with van der Waals surface area (Å²) >= 11 is 0. The summed E-state index contributed by atoms with van der Waals surface area (Å²) in [6.07, 6.45) is 1.10. The molecule has 1 aliphatic rings. The molecule has 106 valence electrons. The molecule has 0 radical (unpaired) electrons. The van der Waals surface area contributed by atoms with Crippen molar-refractivity contribution in [2.24, 2.45) is 0 Å². The maximum atomic E-state index is 3.69. The Kier molecular flexibility index (Phi) is 2.86. The molecule has 2 aromatic carbocycles. The summed E-state index contributed by atoms with van der Waals surface area (Å²) in [5.74, 6) is 0. The van der Waals surface area contributed by atoms with Crippen molar-refractivity contribution in [1.82, 2.24) is 10.3 Å². The van der Waals surface area contributed by atoms with E-state index in [4.69, 9.17) is 0 Å². The van der Waals surface area contributed by atoms with E-state index in [0.717, 1.165) is 13.0 Å². The highest BCUT2D eigenvalue weighted by molar-refractivity contribution is 5.85. The summed E-state index contributed by atoms with van der Waals surface area (Å²) in [6, 6.07) is 15.6. The van der Waals surface area contributed by atoms with Crippen molar-refractivity contribution in [3.05, 3.63) is 70.4 Å². The summed E-state index contributed by atoms with van der Waals surface area (Å²) in [5.41, 5.74) is 8.14. The lowest BCUT2D eigenvalue weighted by Gasteiger charge is -2.26. The van der Waals surface area contributed by atoms with Crippen LogP contribution in [0, 0.1) is 13.8 Å². The third kappa shape index (κ3) is 1.98. The van der Waals surface area contributed by atoms with Crippen molar-refractivity contribution >= 4 is 10.9 Å². The molecule has 2 N–H and O–H groups in total. The van der Waals surface area contributed by atoms with Crippen LogP contribution in [-0.4, -0.2) is 11.5 Å². The molecule has 4 rings (SSSR count). The topological polar surface area (TPSA) is 27.8 Å². The van der Waals surface area contributed by atoms with Crippen LogP contribution in [0.5, 0.6) is 0 Å². The Bertz CT molecular complexity index is 814. The number of aromatic nitrogens is 1. The Morgan fingerprint density at radius 2 is 1.90 bits per heavy atom. The Morgan fingerprint density at radius 3 is 2.81 bits per heavy atom. The van der Waals surface area contributed by atoms with Gasteiger partial charge in [0, 0.05) is 23.1 Å². The van der Waals surface area contributed by atoms with Crippen molar-refractivity contribution in [3.8, 4) is 0 Å². The summed E-state index contributed by atoms with van der Waals surface area (Å²) in [6.45, 7) is 5.40. The lowest BCUT2D eigenvalue weighted by atomic mass is 9.91. The molecule has 2 nitrogen and oxygen atoms in total. The van der Waals surface area contributed by atoms with Crippen LogP contribution in [0.1, 0.15) is 34.0 Å². The van der Waals surface area contributed by atoms with Gasteiger partial charge in [-0.25, -0.2) is 0 Å². The molecule has 1 aromatic heterocycles. The average Bonchev–Trinajstić information content (AvgIpc) is 2.88. The van der Waals surface area contributed by atoms with Crippen LogP contribution in [0.2, 0.25) is 0 Å². The van der Waals surface area contributed by atoms with Crippen LogP contribution in [0.25, 0.3) is 10.9 Å². The molecule has 0 bridgehead atoms. The minimum absolute atomic E-state index is 0.279. The van der Waals surface area contributed by atoms with E-state index in [1.54, 1.807) is 0 Å². The molecule has 0 saturated heterocycles. The first kappa shape index (κ1) is 12.7. The zero-order chi connectivity index (χ0) is 14.4. The Hall–Kier alpha value is -2.06. The van der Waals surface area contributed by atoms with Gasteiger partial charge in [-0.1, -0.05) is 42.0 Å². The first-order chi connectivity index (χ1) is 10.2. The van der Waals surface area contributed by atoms with Gasteiger partial charge in [0.15, 0.2) is 0 Å². The van der Waals surface area contributed by atoms with Crippen molar-refractivity contribution in [1.29, 1.82) is 0 Å². The van der Waals surface area contributed by atoms with Crippen molar-refractivity contribution in [2.75, 3.05) is 6.54 Å². The van der Waals surface area contributed by atoms with Crippen LogP contribution < -0.4 is 5.32 Å². The van der Waals surface area contributed by atoms with Gasteiger partial charge in [0.25, 0.3) is 0 Å². The van der Waals surface area contributed by atoms with Gasteiger partial charge in [-0.2, -0.15) is 0 Å². The zero-order valence-electron chi connectivity index (χ0n) is 12.5. The van der Waals surface area contributed by atoms with Crippen molar-refractivity contribution in [3.63, 3.8) is 0 Å². The second kappa shape index (κ2) is 4.74. The Labute approximate surface area is 125 Å². The number of aryl methyl sites for hydroxylation is 2. The normalized spacial score (nSPS) is 17.9.